The number of hydrogen-bond acceptors (Lipinski definition) is 2. The van der Waals surface area contributed by atoms with Crippen molar-refractivity contribution in [2.45, 2.75) is 38.3 Å². The fourth-order valence-corrected chi connectivity index (χ4v) is 3.25. The lowest BCUT2D eigenvalue weighted by Gasteiger charge is -2.31. The molecule has 0 bridgehead atoms. The van der Waals surface area contributed by atoms with Crippen molar-refractivity contribution in [3.8, 4) is 0 Å². The van der Waals surface area contributed by atoms with Gasteiger partial charge in [-0.2, -0.15) is 13.2 Å². The maximum absolute atomic E-state index is 12.4. The third-order valence-corrected chi connectivity index (χ3v) is 4.89. The number of hydrogen-bond donors (Lipinski definition) is 1. The molecule has 26 heavy (non-hydrogen) atoms. The Morgan fingerprint density at radius 2 is 1.81 bits per heavy atom. The molecule has 144 valence electrons. The number of likely N-dealkylation sites (tertiary alicyclic amines) is 1. The van der Waals surface area contributed by atoms with Gasteiger partial charge in [-0.05, 0) is 43.7 Å². The summed E-state index contributed by atoms with van der Waals surface area (Å²) in [5, 5.41) is 3.56. The largest absolute Gasteiger partial charge is 0.471 e. The smallest absolute Gasteiger partial charge is 0.356 e. The van der Waals surface area contributed by atoms with Gasteiger partial charge in [-0.1, -0.05) is 29.8 Å². The average molecular weight is 391 g/mol. The van der Waals surface area contributed by atoms with Crippen LogP contribution in [0.25, 0.3) is 0 Å². The molecule has 8 heteroatoms. The quantitative estimate of drug-likeness (QED) is 0.755. The predicted molar refractivity (Wildman–Crippen MR) is 92.8 cm³/mol. The van der Waals surface area contributed by atoms with Crippen LogP contribution >= 0.6 is 11.6 Å². The number of nitrogens with zero attached hydrogens (tertiary/aromatic N) is 1. The summed E-state index contributed by atoms with van der Waals surface area (Å²) >= 11 is 6.08. The van der Waals surface area contributed by atoms with Gasteiger partial charge < -0.3 is 10.2 Å². The van der Waals surface area contributed by atoms with Gasteiger partial charge in [0.25, 0.3) is 0 Å². The molecule has 1 aromatic rings. The van der Waals surface area contributed by atoms with Crippen molar-refractivity contribution < 1.29 is 22.8 Å². The first kappa shape index (κ1) is 20.6. The van der Waals surface area contributed by atoms with E-state index in [-0.39, 0.29) is 37.8 Å². The van der Waals surface area contributed by atoms with E-state index in [9.17, 15) is 22.8 Å². The standard InChI is InChI=1S/C18H22ClF3N2O2/c19-15-7-2-1-5-13(15)6-3-4-10-23-16(25)14-8-11-24(12-9-14)17(26)18(20,21)22/h1-2,5,7,14H,3-4,6,8-12H2,(H,23,25). The van der Waals surface area contributed by atoms with E-state index in [1.165, 1.54) is 0 Å². The SMILES string of the molecule is O=C(NCCCCc1ccccc1Cl)C1CCN(C(=O)C(F)(F)F)CC1. The summed E-state index contributed by atoms with van der Waals surface area (Å²) in [6.07, 6.45) is -1.84. The van der Waals surface area contributed by atoms with Gasteiger partial charge in [-0.3, -0.25) is 9.59 Å². The second kappa shape index (κ2) is 9.26. The van der Waals surface area contributed by atoms with Crippen molar-refractivity contribution >= 4 is 23.4 Å². The van der Waals surface area contributed by atoms with E-state index in [1.54, 1.807) is 0 Å². The van der Waals surface area contributed by atoms with Gasteiger partial charge in [0.2, 0.25) is 5.91 Å². The third kappa shape index (κ3) is 5.90. The number of rotatable bonds is 6. The van der Waals surface area contributed by atoms with Crippen LogP contribution in [0, 0.1) is 5.92 Å². The Labute approximate surface area is 155 Å². The Hall–Kier alpha value is -1.76. The average Bonchev–Trinajstić information content (AvgIpc) is 2.61. The lowest BCUT2D eigenvalue weighted by molar-refractivity contribution is -0.186. The number of benzene rings is 1. The highest BCUT2D eigenvalue weighted by molar-refractivity contribution is 6.31. The van der Waals surface area contributed by atoms with Crippen molar-refractivity contribution in [2.75, 3.05) is 19.6 Å². The Balaban J connectivity index is 1.64. The molecule has 1 N–H and O–H groups in total. The van der Waals surface area contributed by atoms with E-state index in [0.29, 0.717) is 6.54 Å². The van der Waals surface area contributed by atoms with Crippen molar-refractivity contribution in [1.29, 1.82) is 0 Å². The molecule has 0 atom stereocenters. The van der Waals surface area contributed by atoms with E-state index in [0.717, 1.165) is 34.7 Å². The molecule has 1 fully saturated rings. The summed E-state index contributed by atoms with van der Waals surface area (Å²) in [4.78, 5) is 24.0. The maximum atomic E-state index is 12.4. The number of alkyl halides is 3. The minimum atomic E-state index is -4.85. The van der Waals surface area contributed by atoms with Gasteiger partial charge in [-0.15, -0.1) is 0 Å². The lowest BCUT2D eigenvalue weighted by atomic mass is 9.95. The Morgan fingerprint density at radius 3 is 2.42 bits per heavy atom. The van der Waals surface area contributed by atoms with Crippen LogP contribution in [-0.2, 0) is 16.0 Å². The van der Waals surface area contributed by atoms with Crippen molar-refractivity contribution in [1.82, 2.24) is 10.2 Å². The molecule has 1 saturated heterocycles. The molecule has 1 aromatic carbocycles. The number of nitrogens with one attached hydrogen (secondary N) is 1. The number of carbonyl (C=O) groups is 2. The van der Waals surface area contributed by atoms with E-state index < -0.39 is 12.1 Å². The second-order valence-corrected chi connectivity index (χ2v) is 6.81. The Kier molecular flexibility index (Phi) is 7.32. The zero-order chi connectivity index (χ0) is 19.2. The van der Waals surface area contributed by atoms with Gasteiger partial charge in [0.05, 0.1) is 0 Å². The summed E-state index contributed by atoms with van der Waals surface area (Å²) in [6.45, 7) is 0.441. The Morgan fingerprint density at radius 1 is 1.15 bits per heavy atom. The molecule has 1 aliphatic rings. The number of halogens is 4. The summed E-state index contributed by atoms with van der Waals surface area (Å²) in [7, 11) is 0. The fraction of sp³-hybridized carbons (Fsp3) is 0.556. The zero-order valence-electron chi connectivity index (χ0n) is 14.3. The van der Waals surface area contributed by atoms with Crippen LogP contribution in [0.2, 0.25) is 5.02 Å². The van der Waals surface area contributed by atoms with Gasteiger partial charge in [-0.25, -0.2) is 0 Å². The first-order chi connectivity index (χ1) is 12.3. The topological polar surface area (TPSA) is 49.4 Å². The van der Waals surface area contributed by atoms with E-state index >= 15 is 0 Å². The monoisotopic (exact) mass is 390 g/mol. The second-order valence-electron chi connectivity index (χ2n) is 6.40. The predicted octanol–water partition coefficient (Wildman–Crippen LogP) is 3.58. The van der Waals surface area contributed by atoms with Crippen LogP contribution in [0.3, 0.4) is 0 Å². The molecule has 0 spiro atoms. The molecule has 4 nitrogen and oxygen atoms in total. The van der Waals surface area contributed by atoms with Crippen LogP contribution in [0.15, 0.2) is 24.3 Å². The van der Waals surface area contributed by atoms with Crippen molar-refractivity contribution in [2.24, 2.45) is 5.92 Å². The molecule has 1 heterocycles. The molecule has 0 aromatic heterocycles. The Bertz CT molecular complexity index is 629. The number of unbranched alkanes of at least 4 members (excludes halogenated alkanes) is 1. The molecule has 0 aliphatic carbocycles. The van der Waals surface area contributed by atoms with Crippen LogP contribution in [-0.4, -0.2) is 42.5 Å². The van der Waals surface area contributed by atoms with Crippen LogP contribution in [0.4, 0.5) is 13.2 Å². The number of aryl methyl sites for hydroxylation is 1. The zero-order valence-corrected chi connectivity index (χ0v) is 15.1. The van der Waals surface area contributed by atoms with Crippen LogP contribution < -0.4 is 5.32 Å². The molecule has 0 saturated carbocycles. The van der Waals surface area contributed by atoms with E-state index in [1.807, 2.05) is 24.3 Å². The first-order valence-electron chi connectivity index (χ1n) is 8.66. The molecule has 0 unspecified atom stereocenters. The normalized spacial score (nSPS) is 15.8. The molecular formula is C18H22ClF3N2O2. The third-order valence-electron chi connectivity index (χ3n) is 4.53. The van der Waals surface area contributed by atoms with Gasteiger partial charge in [0.15, 0.2) is 0 Å². The minimum absolute atomic E-state index is 0.0388. The van der Waals surface area contributed by atoms with E-state index in [2.05, 4.69) is 5.32 Å². The maximum Gasteiger partial charge on any atom is 0.471 e. The van der Waals surface area contributed by atoms with Crippen molar-refractivity contribution in [3.05, 3.63) is 34.9 Å². The minimum Gasteiger partial charge on any atom is -0.356 e. The van der Waals surface area contributed by atoms with Crippen molar-refractivity contribution in [3.63, 3.8) is 0 Å². The number of amides is 2. The summed E-state index contributed by atoms with van der Waals surface area (Å²) in [6, 6.07) is 7.62. The molecule has 2 rings (SSSR count). The highest BCUT2D eigenvalue weighted by Gasteiger charge is 2.43. The van der Waals surface area contributed by atoms with Crippen LogP contribution in [0.1, 0.15) is 31.2 Å². The molecule has 0 radical (unpaired) electrons. The number of piperidine rings is 1. The molecule has 2 amide bonds. The van der Waals surface area contributed by atoms with Gasteiger partial charge in [0, 0.05) is 30.6 Å². The highest BCUT2D eigenvalue weighted by Crippen LogP contribution is 2.24. The fourth-order valence-electron chi connectivity index (χ4n) is 3.02. The molecular weight excluding hydrogens is 369 g/mol. The number of carbonyl (C=O) groups excluding carboxylic acids is 2. The van der Waals surface area contributed by atoms with Gasteiger partial charge in [0.1, 0.15) is 0 Å². The summed E-state index contributed by atoms with van der Waals surface area (Å²) < 4.78 is 37.2. The highest BCUT2D eigenvalue weighted by atomic mass is 35.5. The van der Waals surface area contributed by atoms with Gasteiger partial charge >= 0.3 is 12.1 Å². The summed E-state index contributed by atoms with van der Waals surface area (Å²) in [5.74, 6) is -2.31. The molecule has 1 aliphatic heterocycles. The van der Waals surface area contributed by atoms with Crippen LogP contribution in [0.5, 0.6) is 0 Å². The first-order valence-corrected chi connectivity index (χ1v) is 9.04. The van der Waals surface area contributed by atoms with E-state index in [4.69, 9.17) is 11.6 Å². The summed E-state index contributed by atoms with van der Waals surface area (Å²) in [5.41, 5.74) is 1.07. The lowest BCUT2D eigenvalue weighted by Crippen LogP contribution is -2.47.